The van der Waals surface area contributed by atoms with Crippen LogP contribution in [0.25, 0.3) is 10.9 Å². The summed E-state index contributed by atoms with van der Waals surface area (Å²) in [7, 11) is 3.59. The monoisotopic (exact) mass is 351 g/mol. The van der Waals surface area contributed by atoms with E-state index >= 15 is 0 Å². The van der Waals surface area contributed by atoms with E-state index in [0.29, 0.717) is 5.69 Å². The first-order valence-corrected chi connectivity index (χ1v) is 8.85. The molecule has 0 fully saturated rings. The van der Waals surface area contributed by atoms with Gasteiger partial charge >= 0.3 is 0 Å². The van der Waals surface area contributed by atoms with Crippen LogP contribution in [0.4, 0.5) is 0 Å². The van der Waals surface area contributed by atoms with Crippen molar-refractivity contribution in [3.05, 3.63) is 46.8 Å². The number of hydrogen-bond acceptors (Lipinski definition) is 3. The number of nitriles is 1. The third-order valence-corrected chi connectivity index (χ3v) is 4.41. The number of nitrogens with zero attached hydrogens (tertiary/aromatic N) is 2. The van der Waals surface area contributed by atoms with Gasteiger partial charge in [-0.05, 0) is 34.1 Å². The average molecular weight is 351 g/mol. The summed E-state index contributed by atoms with van der Waals surface area (Å²) in [6.45, 7) is 13.1. The topological polar surface area (TPSA) is 59.9 Å². The largest absolute Gasteiger partial charge is 0.382 e. The molecule has 1 N–H and O–H groups in total. The molecule has 26 heavy (non-hydrogen) atoms. The second-order valence-electron chi connectivity index (χ2n) is 9.12. The zero-order valence-electron chi connectivity index (χ0n) is 17.1. The molecular formula is C22H29N3O. The Kier molecular flexibility index (Phi) is 5.05. The SMILES string of the molecule is CN(C)C=C(C#N)C(=O)c1cc2c(C(C)(C)C)cc(C(C)(C)C)cc2[nH]1. The fraction of sp³-hybridized carbons (Fsp3) is 0.455. The highest BCUT2D eigenvalue weighted by Crippen LogP contribution is 2.35. The minimum atomic E-state index is -0.283. The molecule has 0 aliphatic heterocycles. The van der Waals surface area contributed by atoms with Gasteiger partial charge in [-0.3, -0.25) is 4.79 Å². The molecule has 138 valence electrons. The third kappa shape index (κ3) is 3.99. The smallest absolute Gasteiger partial charge is 0.221 e. The molecule has 4 heteroatoms. The van der Waals surface area contributed by atoms with E-state index in [0.717, 1.165) is 10.9 Å². The van der Waals surface area contributed by atoms with E-state index in [2.05, 4.69) is 58.7 Å². The Bertz CT molecular complexity index is 910. The molecule has 0 spiro atoms. The Morgan fingerprint density at radius 1 is 1.08 bits per heavy atom. The number of carbonyl (C=O) groups excluding carboxylic acids is 1. The van der Waals surface area contributed by atoms with Gasteiger partial charge in [0.2, 0.25) is 5.78 Å². The van der Waals surface area contributed by atoms with Crippen molar-refractivity contribution in [2.45, 2.75) is 52.4 Å². The van der Waals surface area contributed by atoms with Crippen LogP contribution in [0, 0.1) is 11.3 Å². The summed E-state index contributed by atoms with van der Waals surface area (Å²) >= 11 is 0. The highest BCUT2D eigenvalue weighted by Gasteiger charge is 2.24. The Labute approximate surface area is 156 Å². The van der Waals surface area contributed by atoms with E-state index in [-0.39, 0.29) is 22.2 Å². The third-order valence-electron chi connectivity index (χ3n) is 4.41. The van der Waals surface area contributed by atoms with E-state index in [1.54, 1.807) is 25.2 Å². The first-order chi connectivity index (χ1) is 11.8. The number of rotatable bonds is 3. The van der Waals surface area contributed by atoms with Crippen LogP contribution in [-0.2, 0) is 10.8 Å². The fourth-order valence-electron chi connectivity index (χ4n) is 2.96. The van der Waals surface area contributed by atoms with Gasteiger partial charge in [-0.15, -0.1) is 0 Å². The molecular weight excluding hydrogens is 322 g/mol. The van der Waals surface area contributed by atoms with Gasteiger partial charge in [0, 0.05) is 31.2 Å². The summed E-state index contributed by atoms with van der Waals surface area (Å²) in [5.41, 5.74) is 3.88. The number of allylic oxidation sites excluding steroid dienone is 1. The van der Waals surface area contributed by atoms with Crippen LogP contribution in [0.5, 0.6) is 0 Å². The van der Waals surface area contributed by atoms with Crippen LogP contribution in [0.3, 0.4) is 0 Å². The second kappa shape index (κ2) is 6.64. The normalized spacial score (nSPS) is 13.0. The zero-order chi connectivity index (χ0) is 19.9. The molecule has 0 bridgehead atoms. The van der Waals surface area contributed by atoms with Crippen molar-refractivity contribution in [1.29, 1.82) is 5.26 Å². The van der Waals surface area contributed by atoms with Gasteiger partial charge in [0.15, 0.2) is 0 Å². The standard InChI is InChI=1S/C22H29N3O/c1-21(2,3)15-9-17(22(4,5)6)16-11-19(24-18(16)10-15)20(26)14(12-23)13-25(7)8/h9-11,13,24H,1-8H3. The molecule has 1 aromatic carbocycles. The number of aromatic nitrogens is 1. The number of Topliss-reactive ketones (excluding diaryl/α,β-unsaturated/α-hetero) is 1. The van der Waals surface area contributed by atoms with Crippen LogP contribution in [-0.4, -0.2) is 29.8 Å². The van der Waals surface area contributed by atoms with Gasteiger partial charge in [0.25, 0.3) is 0 Å². The first kappa shape index (κ1) is 19.8. The highest BCUT2D eigenvalue weighted by atomic mass is 16.1. The predicted molar refractivity (Wildman–Crippen MR) is 107 cm³/mol. The van der Waals surface area contributed by atoms with Gasteiger partial charge in [-0.1, -0.05) is 47.6 Å². The number of nitrogens with one attached hydrogen (secondary N) is 1. The maximum atomic E-state index is 12.8. The summed E-state index contributed by atoms with van der Waals surface area (Å²) in [5, 5.41) is 10.4. The van der Waals surface area contributed by atoms with Crippen LogP contribution < -0.4 is 0 Å². The maximum absolute atomic E-state index is 12.8. The number of hydrogen-bond donors (Lipinski definition) is 1. The van der Waals surface area contributed by atoms with Crippen LogP contribution in [0.15, 0.2) is 30.0 Å². The van der Waals surface area contributed by atoms with Gasteiger partial charge in [-0.2, -0.15) is 5.26 Å². The average Bonchev–Trinajstić information content (AvgIpc) is 2.92. The van der Waals surface area contributed by atoms with Crippen molar-refractivity contribution in [3.63, 3.8) is 0 Å². The first-order valence-electron chi connectivity index (χ1n) is 8.85. The molecule has 0 saturated carbocycles. The Balaban J connectivity index is 2.71. The number of benzene rings is 1. The molecule has 0 unspecified atom stereocenters. The van der Waals surface area contributed by atoms with Crippen molar-refractivity contribution < 1.29 is 4.79 Å². The summed E-state index contributed by atoms with van der Waals surface area (Å²) < 4.78 is 0. The molecule has 0 aliphatic carbocycles. The van der Waals surface area contributed by atoms with E-state index in [1.165, 1.54) is 11.1 Å². The molecule has 4 nitrogen and oxygen atoms in total. The van der Waals surface area contributed by atoms with Gasteiger partial charge in [0.05, 0.1) is 5.69 Å². The lowest BCUT2D eigenvalue weighted by molar-refractivity contribution is 0.103. The fourth-order valence-corrected chi connectivity index (χ4v) is 2.96. The molecule has 2 aromatic rings. The number of fused-ring (bicyclic) bond motifs is 1. The second-order valence-corrected chi connectivity index (χ2v) is 9.12. The molecule has 1 heterocycles. The Morgan fingerprint density at radius 3 is 2.15 bits per heavy atom. The summed E-state index contributed by atoms with van der Waals surface area (Å²) in [6.07, 6.45) is 1.55. The summed E-state index contributed by atoms with van der Waals surface area (Å²) in [5.74, 6) is -0.283. The van der Waals surface area contributed by atoms with Crippen molar-refractivity contribution in [1.82, 2.24) is 9.88 Å². The van der Waals surface area contributed by atoms with Crippen molar-refractivity contribution >= 4 is 16.7 Å². The lowest BCUT2D eigenvalue weighted by Gasteiger charge is -2.25. The zero-order valence-corrected chi connectivity index (χ0v) is 17.1. The quantitative estimate of drug-likeness (QED) is 0.485. The van der Waals surface area contributed by atoms with Gasteiger partial charge in [0.1, 0.15) is 11.6 Å². The van der Waals surface area contributed by atoms with E-state index in [9.17, 15) is 10.1 Å². The van der Waals surface area contributed by atoms with Crippen LogP contribution in [0.1, 0.15) is 63.2 Å². The maximum Gasteiger partial charge on any atom is 0.221 e. The highest BCUT2D eigenvalue weighted by molar-refractivity contribution is 6.12. The minimum absolute atomic E-state index is 0.00606. The summed E-state index contributed by atoms with van der Waals surface area (Å²) in [6, 6.07) is 8.24. The van der Waals surface area contributed by atoms with Crippen molar-refractivity contribution in [2.75, 3.05) is 14.1 Å². The van der Waals surface area contributed by atoms with Crippen LogP contribution >= 0.6 is 0 Å². The summed E-state index contributed by atoms with van der Waals surface area (Å²) in [4.78, 5) is 17.7. The van der Waals surface area contributed by atoms with E-state index in [1.807, 2.05) is 12.1 Å². The molecule has 0 saturated heterocycles. The Hall–Kier alpha value is -2.54. The number of H-pyrrole nitrogens is 1. The molecule has 0 amide bonds. The van der Waals surface area contributed by atoms with Crippen molar-refractivity contribution in [3.8, 4) is 6.07 Å². The lowest BCUT2D eigenvalue weighted by atomic mass is 9.79. The van der Waals surface area contributed by atoms with Crippen molar-refractivity contribution in [2.24, 2.45) is 0 Å². The molecule has 0 aliphatic rings. The number of ketones is 1. The molecule has 1 aromatic heterocycles. The predicted octanol–water partition coefficient (Wildman–Crippen LogP) is 4.91. The minimum Gasteiger partial charge on any atom is -0.382 e. The molecule has 0 atom stereocenters. The van der Waals surface area contributed by atoms with Crippen LogP contribution in [0.2, 0.25) is 0 Å². The van der Waals surface area contributed by atoms with Gasteiger partial charge in [-0.25, -0.2) is 0 Å². The van der Waals surface area contributed by atoms with E-state index < -0.39 is 0 Å². The molecule has 0 radical (unpaired) electrons. The lowest BCUT2D eigenvalue weighted by Crippen LogP contribution is -2.16. The number of aromatic amines is 1. The Morgan fingerprint density at radius 2 is 1.69 bits per heavy atom. The molecule has 2 rings (SSSR count). The van der Waals surface area contributed by atoms with E-state index in [4.69, 9.17) is 0 Å². The number of carbonyl (C=O) groups is 1. The van der Waals surface area contributed by atoms with Gasteiger partial charge < -0.3 is 9.88 Å².